The van der Waals surface area contributed by atoms with Crippen LogP contribution in [0.2, 0.25) is 5.02 Å². The van der Waals surface area contributed by atoms with Crippen LogP contribution in [-0.4, -0.2) is 29.5 Å². The van der Waals surface area contributed by atoms with Crippen molar-refractivity contribution in [2.75, 3.05) is 6.61 Å². The van der Waals surface area contributed by atoms with Crippen molar-refractivity contribution in [3.05, 3.63) is 64.2 Å². The lowest BCUT2D eigenvalue weighted by atomic mass is 10.1. The van der Waals surface area contributed by atoms with E-state index in [1.807, 2.05) is 6.07 Å². The van der Waals surface area contributed by atoms with E-state index in [9.17, 15) is 14.4 Å². The van der Waals surface area contributed by atoms with E-state index in [0.717, 1.165) is 0 Å². The Hall–Kier alpha value is -3.37. The summed E-state index contributed by atoms with van der Waals surface area (Å²) in [6.45, 7) is -0.570. The Morgan fingerprint density at radius 1 is 1.12 bits per heavy atom. The topological polar surface area (TPSA) is 96.7 Å². The zero-order valence-corrected chi connectivity index (χ0v) is 13.3. The molecule has 1 heterocycles. The van der Waals surface area contributed by atoms with Crippen molar-refractivity contribution in [2.24, 2.45) is 0 Å². The molecule has 1 aliphatic heterocycles. The van der Waals surface area contributed by atoms with Gasteiger partial charge < -0.3 is 9.57 Å². The lowest BCUT2D eigenvalue weighted by molar-refractivity contribution is -0.170. The van der Waals surface area contributed by atoms with Crippen LogP contribution in [0, 0.1) is 11.3 Å². The summed E-state index contributed by atoms with van der Waals surface area (Å²) in [6, 6.07) is 12.3. The molecule has 0 aromatic heterocycles. The fourth-order valence-electron chi connectivity index (χ4n) is 2.20. The van der Waals surface area contributed by atoms with E-state index in [4.69, 9.17) is 26.4 Å². The average Bonchev–Trinajstić information content (AvgIpc) is 2.86. The van der Waals surface area contributed by atoms with Gasteiger partial charge in [0.25, 0.3) is 11.8 Å². The summed E-state index contributed by atoms with van der Waals surface area (Å²) in [5.41, 5.74) is 0.665. The van der Waals surface area contributed by atoms with Gasteiger partial charge in [-0.05, 0) is 30.3 Å². The van der Waals surface area contributed by atoms with Crippen molar-refractivity contribution in [2.45, 2.75) is 0 Å². The summed E-state index contributed by atoms with van der Waals surface area (Å²) >= 11 is 5.92. The van der Waals surface area contributed by atoms with Crippen LogP contribution in [0.5, 0.6) is 5.75 Å². The minimum Gasteiger partial charge on any atom is -0.480 e. The molecule has 2 aromatic rings. The Bertz CT molecular complexity index is 900. The molecule has 124 valence electrons. The second kappa shape index (κ2) is 6.63. The van der Waals surface area contributed by atoms with Crippen molar-refractivity contribution in [3.8, 4) is 11.8 Å². The van der Waals surface area contributed by atoms with Gasteiger partial charge in [0, 0.05) is 0 Å². The van der Waals surface area contributed by atoms with Crippen molar-refractivity contribution < 1.29 is 24.0 Å². The second-order valence-corrected chi connectivity index (χ2v) is 5.37. The molecule has 0 unspecified atom stereocenters. The van der Waals surface area contributed by atoms with Crippen molar-refractivity contribution in [3.63, 3.8) is 0 Å². The first kappa shape index (κ1) is 16.5. The first-order valence-electron chi connectivity index (χ1n) is 7.02. The molecule has 0 radical (unpaired) electrons. The first-order chi connectivity index (χ1) is 12.0. The van der Waals surface area contributed by atoms with Crippen LogP contribution in [0.15, 0.2) is 42.5 Å². The Kier molecular flexibility index (Phi) is 4.37. The number of benzene rings is 2. The number of nitriles is 1. The SMILES string of the molecule is N#Cc1ccc(OCC(=O)ON2C(=O)c3ccccc3C2=O)c(Cl)c1. The van der Waals surface area contributed by atoms with Gasteiger partial charge >= 0.3 is 5.97 Å². The molecular formula is C17H9ClN2O5. The quantitative estimate of drug-likeness (QED) is 0.780. The maximum Gasteiger partial charge on any atom is 0.370 e. The minimum absolute atomic E-state index is 0.146. The number of nitrogens with zero attached hydrogens (tertiary/aromatic N) is 2. The molecule has 0 saturated heterocycles. The van der Waals surface area contributed by atoms with E-state index in [1.165, 1.54) is 30.3 Å². The predicted octanol–water partition coefficient (Wildman–Crippen LogP) is 2.34. The van der Waals surface area contributed by atoms with Crippen LogP contribution in [0.3, 0.4) is 0 Å². The number of carbonyl (C=O) groups is 3. The minimum atomic E-state index is -0.949. The number of imide groups is 1. The molecule has 0 aliphatic carbocycles. The zero-order valence-electron chi connectivity index (χ0n) is 12.6. The third-order valence-corrected chi connectivity index (χ3v) is 3.65. The van der Waals surface area contributed by atoms with E-state index in [-0.39, 0.29) is 21.9 Å². The third-order valence-electron chi connectivity index (χ3n) is 3.36. The Balaban J connectivity index is 1.64. The third kappa shape index (κ3) is 3.16. The maximum atomic E-state index is 12.1. The lowest BCUT2D eigenvalue weighted by Gasteiger charge is -2.13. The summed E-state index contributed by atoms with van der Waals surface area (Å²) < 4.78 is 5.19. The molecule has 25 heavy (non-hydrogen) atoms. The van der Waals surface area contributed by atoms with Gasteiger partial charge in [-0.1, -0.05) is 28.8 Å². The van der Waals surface area contributed by atoms with Crippen LogP contribution in [0.4, 0.5) is 0 Å². The summed E-state index contributed by atoms with van der Waals surface area (Å²) in [7, 11) is 0. The maximum absolute atomic E-state index is 12.1. The summed E-state index contributed by atoms with van der Waals surface area (Å²) in [6.07, 6.45) is 0. The Morgan fingerprint density at radius 3 is 2.32 bits per heavy atom. The first-order valence-corrected chi connectivity index (χ1v) is 7.40. The largest absolute Gasteiger partial charge is 0.480 e. The lowest BCUT2D eigenvalue weighted by Crippen LogP contribution is -2.34. The molecule has 0 bridgehead atoms. The molecule has 2 aromatic carbocycles. The summed E-state index contributed by atoms with van der Waals surface area (Å²) in [4.78, 5) is 40.8. The van der Waals surface area contributed by atoms with E-state index in [2.05, 4.69) is 0 Å². The van der Waals surface area contributed by atoms with Gasteiger partial charge in [0.15, 0.2) is 6.61 Å². The number of fused-ring (bicyclic) bond motifs is 1. The number of hydroxylamine groups is 2. The van der Waals surface area contributed by atoms with Crippen molar-refractivity contribution in [1.29, 1.82) is 5.26 Å². The highest BCUT2D eigenvalue weighted by molar-refractivity contribution is 6.32. The molecule has 7 nitrogen and oxygen atoms in total. The molecule has 2 amide bonds. The van der Waals surface area contributed by atoms with Gasteiger partial charge in [-0.25, -0.2) is 4.79 Å². The molecule has 3 rings (SSSR count). The van der Waals surface area contributed by atoms with Crippen LogP contribution in [0.1, 0.15) is 26.3 Å². The molecule has 0 atom stereocenters. The molecular weight excluding hydrogens is 348 g/mol. The van der Waals surface area contributed by atoms with E-state index < -0.39 is 24.4 Å². The van der Waals surface area contributed by atoms with E-state index in [0.29, 0.717) is 10.6 Å². The van der Waals surface area contributed by atoms with Gasteiger partial charge in [-0.15, -0.1) is 0 Å². The molecule has 0 fully saturated rings. The predicted molar refractivity (Wildman–Crippen MR) is 84.7 cm³/mol. The highest BCUT2D eigenvalue weighted by atomic mass is 35.5. The Morgan fingerprint density at radius 2 is 1.76 bits per heavy atom. The number of rotatable bonds is 4. The number of halogens is 1. The van der Waals surface area contributed by atoms with E-state index >= 15 is 0 Å². The fraction of sp³-hybridized carbons (Fsp3) is 0.0588. The standard InChI is InChI=1S/C17H9ClN2O5/c18-13-7-10(8-19)5-6-14(13)24-9-15(21)25-20-16(22)11-3-1-2-4-12(11)17(20)23/h1-7H,9H2. The molecule has 0 spiro atoms. The number of carbonyl (C=O) groups excluding carboxylic acids is 3. The normalized spacial score (nSPS) is 12.6. The van der Waals surface area contributed by atoms with Gasteiger partial charge in [0.2, 0.25) is 0 Å². The molecule has 0 N–H and O–H groups in total. The molecule has 1 aliphatic rings. The smallest absolute Gasteiger partial charge is 0.370 e. The highest BCUT2D eigenvalue weighted by Gasteiger charge is 2.38. The average molecular weight is 357 g/mol. The molecule has 0 saturated carbocycles. The highest BCUT2D eigenvalue weighted by Crippen LogP contribution is 2.26. The molecule has 8 heteroatoms. The summed E-state index contributed by atoms with van der Waals surface area (Å²) in [5.74, 6) is -2.22. The van der Waals surface area contributed by atoms with Gasteiger partial charge in [0.05, 0.1) is 27.8 Å². The van der Waals surface area contributed by atoms with Gasteiger partial charge in [-0.2, -0.15) is 5.26 Å². The van der Waals surface area contributed by atoms with Gasteiger partial charge in [-0.3, -0.25) is 9.59 Å². The Labute approximate surface area is 146 Å². The monoisotopic (exact) mass is 356 g/mol. The number of ether oxygens (including phenoxy) is 1. The van der Waals surface area contributed by atoms with Crippen LogP contribution >= 0.6 is 11.6 Å². The second-order valence-electron chi connectivity index (χ2n) is 4.96. The van der Waals surface area contributed by atoms with Crippen molar-refractivity contribution in [1.82, 2.24) is 5.06 Å². The fourth-order valence-corrected chi connectivity index (χ4v) is 2.44. The van der Waals surface area contributed by atoms with Crippen molar-refractivity contribution >= 4 is 29.4 Å². The summed E-state index contributed by atoms with van der Waals surface area (Å²) in [5, 5.41) is 9.31. The number of hydrogen-bond acceptors (Lipinski definition) is 6. The van der Waals surface area contributed by atoms with E-state index in [1.54, 1.807) is 12.1 Å². The number of hydrogen-bond donors (Lipinski definition) is 0. The zero-order chi connectivity index (χ0) is 18.0. The van der Waals surface area contributed by atoms with Crippen LogP contribution in [-0.2, 0) is 9.63 Å². The van der Waals surface area contributed by atoms with Crippen LogP contribution < -0.4 is 4.74 Å². The number of amides is 2. The van der Waals surface area contributed by atoms with Crippen LogP contribution in [0.25, 0.3) is 0 Å². The van der Waals surface area contributed by atoms with Gasteiger partial charge in [0.1, 0.15) is 5.75 Å².